The van der Waals surface area contributed by atoms with Crippen molar-refractivity contribution in [1.29, 1.82) is 0 Å². The first-order valence-electron chi connectivity index (χ1n) is 11.4. The van der Waals surface area contributed by atoms with Gasteiger partial charge in [-0.3, -0.25) is 14.4 Å². The number of amides is 3. The number of aliphatic hydroxyl groups excluding tert-OH is 3. The summed E-state index contributed by atoms with van der Waals surface area (Å²) in [5.41, 5.74) is -0.289. The summed E-state index contributed by atoms with van der Waals surface area (Å²) < 4.78 is 0. The highest BCUT2D eigenvalue weighted by atomic mass is 16.4. The summed E-state index contributed by atoms with van der Waals surface area (Å²) in [5.74, 6) is -3.66. The number of allylic oxidation sites excluding steroid dienone is 1. The molecule has 188 valence electrons. The van der Waals surface area contributed by atoms with Crippen molar-refractivity contribution in [1.82, 2.24) is 16.0 Å². The normalized spacial score (nSPS) is 19.7. The number of hydrogen-bond donors (Lipinski definition) is 6. The maximum Gasteiger partial charge on any atom is 0.242 e. The van der Waals surface area contributed by atoms with Crippen LogP contribution in [0.25, 0.3) is 0 Å². The largest absolute Gasteiger partial charge is 0.389 e. The van der Waals surface area contributed by atoms with Gasteiger partial charge in [-0.1, -0.05) is 52.2 Å². The molecular formula is C23H39N3O7. The van der Waals surface area contributed by atoms with E-state index in [9.17, 15) is 34.5 Å². The van der Waals surface area contributed by atoms with Crippen molar-refractivity contribution in [2.75, 3.05) is 6.54 Å². The minimum absolute atomic E-state index is 0.107. The molecule has 33 heavy (non-hydrogen) atoms. The van der Waals surface area contributed by atoms with Crippen molar-refractivity contribution in [3.63, 3.8) is 0 Å². The smallest absolute Gasteiger partial charge is 0.242 e. The van der Waals surface area contributed by atoms with Crippen molar-refractivity contribution < 1.29 is 34.5 Å². The summed E-state index contributed by atoms with van der Waals surface area (Å²) >= 11 is 0. The highest BCUT2D eigenvalue weighted by molar-refractivity contribution is 5.96. The summed E-state index contributed by atoms with van der Waals surface area (Å²) in [7, 11) is 0. The fourth-order valence-electron chi connectivity index (χ4n) is 3.43. The molecule has 0 aromatic heterocycles. The van der Waals surface area contributed by atoms with Gasteiger partial charge in [0.25, 0.3) is 0 Å². The Labute approximate surface area is 195 Å². The molecule has 0 aliphatic heterocycles. The van der Waals surface area contributed by atoms with Crippen LogP contribution in [0.4, 0.5) is 0 Å². The first-order chi connectivity index (χ1) is 15.4. The number of carbonyl (C=O) groups excluding carboxylic acids is 4. The van der Waals surface area contributed by atoms with Gasteiger partial charge in [-0.2, -0.15) is 0 Å². The van der Waals surface area contributed by atoms with Gasteiger partial charge in [0.05, 0.1) is 6.54 Å². The molecule has 0 aromatic rings. The Bertz CT molecular complexity index is 699. The van der Waals surface area contributed by atoms with Crippen LogP contribution in [0.3, 0.4) is 0 Å². The van der Waals surface area contributed by atoms with Crippen LogP contribution < -0.4 is 16.0 Å². The molecule has 1 fully saturated rings. The van der Waals surface area contributed by atoms with E-state index in [1.807, 2.05) is 20.8 Å². The van der Waals surface area contributed by atoms with Crippen molar-refractivity contribution in [3.05, 3.63) is 12.2 Å². The first-order valence-corrected chi connectivity index (χ1v) is 11.4. The number of carbonyl (C=O) groups is 4. The Morgan fingerprint density at radius 3 is 2.15 bits per heavy atom. The Kier molecular flexibility index (Phi) is 11.7. The molecule has 1 rings (SSSR count). The summed E-state index contributed by atoms with van der Waals surface area (Å²) in [4.78, 5) is 48.0. The quantitative estimate of drug-likeness (QED) is 0.136. The summed E-state index contributed by atoms with van der Waals surface area (Å²) in [6.07, 6.45) is 2.95. The van der Waals surface area contributed by atoms with Gasteiger partial charge in [0.15, 0.2) is 0 Å². The minimum atomic E-state index is -1.89. The highest BCUT2D eigenvalue weighted by Gasteiger charge is 2.36. The van der Waals surface area contributed by atoms with Crippen molar-refractivity contribution in [3.8, 4) is 0 Å². The van der Waals surface area contributed by atoms with Crippen LogP contribution in [-0.4, -0.2) is 76.3 Å². The van der Waals surface area contributed by atoms with Crippen LogP contribution >= 0.6 is 0 Å². The van der Waals surface area contributed by atoms with E-state index in [0.717, 1.165) is 32.1 Å². The van der Waals surface area contributed by atoms with Crippen molar-refractivity contribution in [2.24, 2.45) is 11.3 Å². The maximum atomic E-state index is 12.4. The molecule has 0 heterocycles. The number of rotatable bonds is 11. The average Bonchev–Trinajstić information content (AvgIpc) is 2.75. The predicted octanol–water partition coefficient (Wildman–Crippen LogP) is -0.444. The van der Waals surface area contributed by atoms with Gasteiger partial charge < -0.3 is 36.1 Å². The molecule has 5 atom stereocenters. The molecule has 1 aliphatic carbocycles. The molecule has 0 unspecified atom stereocenters. The van der Waals surface area contributed by atoms with Crippen LogP contribution in [-0.2, 0) is 19.2 Å². The Morgan fingerprint density at radius 1 is 1.00 bits per heavy atom. The zero-order valence-electron chi connectivity index (χ0n) is 19.9. The van der Waals surface area contributed by atoms with Crippen LogP contribution in [0.1, 0.15) is 59.8 Å². The lowest BCUT2D eigenvalue weighted by Crippen LogP contribution is -2.53. The lowest BCUT2D eigenvalue weighted by molar-refractivity contribution is -0.142. The molecule has 10 nitrogen and oxygen atoms in total. The third-order valence-electron chi connectivity index (χ3n) is 5.46. The van der Waals surface area contributed by atoms with E-state index in [0.29, 0.717) is 0 Å². The molecule has 0 bridgehead atoms. The summed E-state index contributed by atoms with van der Waals surface area (Å²) in [5, 5.41) is 38.0. The van der Waals surface area contributed by atoms with Gasteiger partial charge in [-0.05, 0) is 25.2 Å². The Morgan fingerprint density at radius 2 is 1.61 bits per heavy atom. The molecule has 6 N–H and O–H groups in total. The molecule has 1 saturated carbocycles. The standard InChI is InChI=1S/C23H39N3O7/c1-14(21(32)24-12-18(29)26-15-8-6-5-7-9-15)25-22(33)16(13-27)19(30)20(31)17(28)10-11-23(2,3)4/h10-11,13-17,19-20,28,30-31H,5-9,12H2,1-4H3,(H,24,32)(H,25,33)(H,26,29)/b11-10+/t14-,16+,17+,19-,20-/m0/s1. The van der Waals surface area contributed by atoms with Gasteiger partial charge >= 0.3 is 0 Å². The Balaban J connectivity index is 2.55. The lowest BCUT2D eigenvalue weighted by atomic mass is 9.91. The predicted molar refractivity (Wildman–Crippen MR) is 122 cm³/mol. The monoisotopic (exact) mass is 469 g/mol. The number of aliphatic hydroxyl groups is 3. The average molecular weight is 470 g/mol. The summed E-state index contributed by atoms with van der Waals surface area (Å²) in [6.45, 7) is 6.71. The van der Waals surface area contributed by atoms with E-state index in [1.54, 1.807) is 6.08 Å². The highest BCUT2D eigenvalue weighted by Crippen LogP contribution is 2.18. The van der Waals surface area contributed by atoms with Crippen molar-refractivity contribution >= 4 is 24.0 Å². The Hall–Kier alpha value is -2.30. The zero-order valence-corrected chi connectivity index (χ0v) is 19.9. The minimum Gasteiger partial charge on any atom is -0.389 e. The lowest BCUT2D eigenvalue weighted by Gasteiger charge is -2.26. The molecule has 0 radical (unpaired) electrons. The molecule has 3 amide bonds. The number of hydrogen-bond acceptors (Lipinski definition) is 7. The molecule has 1 aliphatic rings. The van der Waals surface area contributed by atoms with E-state index >= 15 is 0 Å². The third kappa shape index (κ3) is 10.4. The topological polar surface area (TPSA) is 165 Å². The van der Waals surface area contributed by atoms with E-state index in [1.165, 1.54) is 13.0 Å². The maximum absolute atomic E-state index is 12.4. The molecule has 10 heteroatoms. The van der Waals surface area contributed by atoms with Gasteiger partial charge in [0.1, 0.15) is 36.6 Å². The van der Waals surface area contributed by atoms with Crippen LogP contribution in [0.5, 0.6) is 0 Å². The third-order valence-corrected chi connectivity index (χ3v) is 5.46. The molecule has 0 aromatic carbocycles. The van der Waals surface area contributed by atoms with Gasteiger partial charge in [0.2, 0.25) is 17.7 Å². The second-order valence-electron chi connectivity index (χ2n) is 9.71. The van der Waals surface area contributed by atoms with Gasteiger partial charge in [0, 0.05) is 6.04 Å². The van der Waals surface area contributed by atoms with Crippen LogP contribution in [0.15, 0.2) is 12.2 Å². The number of aldehydes is 1. The van der Waals surface area contributed by atoms with E-state index in [-0.39, 0.29) is 30.2 Å². The van der Waals surface area contributed by atoms with E-state index in [2.05, 4.69) is 16.0 Å². The fraction of sp³-hybridized carbons (Fsp3) is 0.739. The van der Waals surface area contributed by atoms with Crippen LogP contribution in [0.2, 0.25) is 0 Å². The van der Waals surface area contributed by atoms with Crippen LogP contribution in [0, 0.1) is 11.3 Å². The molecule has 0 spiro atoms. The van der Waals surface area contributed by atoms with Crippen molar-refractivity contribution in [2.45, 2.75) is 90.2 Å². The first kappa shape index (κ1) is 28.7. The van der Waals surface area contributed by atoms with Gasteiger partial charge in [-0.15, -0.1) is 0 Å². The molecular weight excluding hydrogens is 430 g/mol. The van der Waals surface area contributed by atoms with E-state index in [4.69, 9.17) is 0 Å². The zero-order chi connectivity index (χ0) is 25.2. The van der Waals surface area contributed by atoms with Gasteiger partial charge in [-0.25, -0.2) is 0 Å². The second-order valence-corrected chi connectivity index (χ2v) is 9.71. The SMILES string of the molecule is C[C@H](NC(=O)[C@H](C=O)[C@H](O)[C@@H](O)[C@H](O)/C=C/C(C)(C)C)C(=O)NCC(=O)NC1CCCCC1. The fourth-order valence-corrected chi connectivity index (χ4v) is 3.43. The van der Waals surface area contributed by atoms with E-state index < -0.39 is 42.1 Å². The number of nitrogens with one attached hydrogen (secondary N) is 3. The second kappa shape index (κ2) is 13.4. The molecule has 0 saturated heterocycles. The summed E-state index contributed by atoms with van der Waals surface area (Å²) in [6, 6.07) is -0.993.